The van der Waals surface area contributed by atoms with Crippen molar-refractivity contribution < 1.29 is 14.7 Å². The smallest absolute Gasteiger partial charge is 0.306 e. The van der Waals surface area contributed by atoms with Gasteiger partial charge in [-0.15, -0.1) is 0 Å². The highest BCUT2D eigenvalue weighted by molar-refractivity contribution is 5.77. The van der Waals surface area contributed by atoms with Gasteiger partial charge in [0.15, 0.2) is 0 Å². The fraction of sp³-hybridized carbons (Fsp3) is 0.800. The van der Waals surface area contributed by atoms with Crippen LogP contribution in [-0.2, 0) is 9.59 Å². The molecular formula is C10H18N2O3. The quantitative estimate of drug-likeness (QED) is 0.695. The molecule has 0 spiro atoms. The summed E-state index contributed by atoms with van der Waals surface area (Å²) in [6, 6.07) is -0.130. The Bertz CT molecular complexity index is 245. The van der Waals surface area contributed by atoms with Crippen molar-refractivity contribution in [3.63, 3.8) is 0 Å². The topological polar surface area (TPSA) is 83.6 Å². The third-order valence-corrected chi connectivity index (χ3v) is 2.69. The SMILES string of the molecule is CC(N)CC(=O)N1CCC(C(=O)O)CC1. The van der Waals surface area contributed by atoms with E-state index in [-0.39, 0.29) is 17.9 Å². The van der Waals surface area contributed by atoms with E-state index in [0.29, 0.717) is 32.4 Å². The molecule has 5 heteroatoms. The molecule has 1 rings (SSSR count). The summed E-state index contributed by atoms with van der Waals surface area (Å²) in [6.45, 7) is 2.88. The average Bonchev–Trinajstić information content (AvgIpc) is 2.17. The molecule has 0 aliphatic carbocycles. The summed E-state index contributed by atoms with van der Waals surface area (Å²) in [5.41, 5.74) is 5.53. The second kappa shape index (κ2) is 5.11. The number of carboxylic acids is 1. The molecule has 5 nitrogen and oxygen atoms in total. The minimum atomic E-state index is -0.755. The minimum Gasteiger partial charge on any atom is -0.481 e. The molecule has 1 heterocycles. The normalized spacial score (nSPS) is 20.0. The number of aliphatic carboxylic acids is 1. The van der Waals surface area contributed by atoms with Crippen LogP contribution in [0.4, 0.5) is 0 Å². The lowest BCUT2D eigenvalue weighted by molar-refractivity contribution is -0.145. The second-order valence-electron chi connectivity index (χ2n) is 4.17. The number of piperidine rings is 1. The number of rotatable bonds is 3. The number of hydrogen-bond donors (Lipinski definition) is 2. The van der Waals surface area contributed by atoms with Crippen LogP contribution in [0.25, 0.3) is 0 Å². The summed E-state index contributed by atoms with van der Waals surface area (Å²) in [4.78, 5) is 24.0. The zero-order chi connectivity index (χ0) is 11.4. The maximum atomic E-state index is 11.6. The molecule has 0 bridgehead atoms. The molecule has 1 aliphatic heterocycles. The third kappa shape index (κ3) is 3.51. The first-order valence-corrected chi connectivity index (χ1v) is 5.27. The van der Waals surface area contributed by atoms with Crippen LogP contribution in [0.3, 0.4) is 0 Å². The van der Waals surface area contributed by atoms with Gasteiger partial charge >= 0.3 is 5.97 Å². The summed E-state index contributed by atoms with van der Waals surface area (Å²) in [7, 11) is 0. The van der Waals surface area contributed by atoms with Gasteiger partial charge in [-0.25, -0.2) is 0 Å². The Morgan fingerprint density at radius 1 is 1.47 bits per heavy atom. The van der Waals surface area contributed by atoms with Gasteiger partial charge in [0.25, 0.3) is 0 Å². The van der Waals surface area contributed by atoms with Crippen molar-refractivity contribution in [2.24, 2.45) is 11.7 Å². The van der Waals surface area contributed by atoms with Crippen LogP contribution in [0.2, 0.25) is 0 Å². The van der Waals surface area contributed by atoms with Gasteiger partial charge in [0, 0.05) is 25.6 Å². The maximum Gasteiger partial charge on any atom is 0.306 e. The molecule has 0 aromatic heterocycles. The number of carbonyl (C=O) groups is 2. The molecule has 1 saturated heterocycles. The molecule has 1 amide bonds. The molecule has 0 radical (unpaired) electrons. The number of amides is 1. The lowest BCUT2D eigenvalue weighted by Crippen LogP contribution is -2.41. The van der Waals surface area contributed by atoms with Crippen LogP contribution in [0.5, 0.6) is 0 Å². The summed E-state index contributed by atoms with van der Waals surface area (Å²) in [6.07, 6.45) is 1.46. The molecule has 1 atom stereocenters. The first-order valence-electron chi connectivity index (χ1n) is 5.27. The number of carboxylic acid groups (broad SMARTS) is 1. The molecule has 86 valence electrons. The van der Waals surface area contributed by atoms with Gasteiger partial charge in [-0.3, -0.25) is 9.59 Å². The Balaban J connectivity index is 2.37. The number of carbonyl (C=O) groups excluding carboxylic acids is 1. The van der Waals surface area contributed by atoms with Crippen molar-refractivity contribution in [1.82, 2.24) is 4.90 Å². The molecule has 1 unspecified atom stereocenters. The molecular weight excluding hydrogens is 196 g/mol. The van der Waals surface area contributed by atoms with E-state index in [9.17, 15) is 9.59 Å². The van der Waals surface area contributed by atoms with Gasteiger partial charge in [0.2, 0.25) is 5.91 Å². The lowest BCUT2D eigenvalue weighted by atomic mass is 9.97. The van der Waals surface area contributed by atoms with Crippen LogP contribution in [0.15, 0.2) is 0 Å². The van der Waals surface area contributed by atoms with E-state index in [1.54, 1.807) is 11.8 Å². The Hall–Kier alpha value is -1.10. The Morgan fingerprint density at radius 3 is 2.40 bits per heavy atom. The number of likely N-dealkylation sites (tertiary alicyclic amines) is 1. The molecule has 0 aromatic carbocycles. The summed E-state index contributed by atoms with van der Waals surface area (Å²) in [5, 5.41) is 8.79. The highest BCUT2D eigenvalue weighted by atomic mass is 16.4. The predicted molar refractivity (Wildman–Crippen MR) is 55.2 cm³/mol. The zero-order valence-corrected chi connectivity index (χ0v) is 8.98. The highest BCUT2D eigenvalue weighted by Crippen LogP contribution is 2.17. The van der Waals surface area contributed by atoms with E-state index in [0.717, 1.165) is 0 Å². The molecule has 15 heavy (non-hydrogen) atoms. The van der Waals surface area contributed by atoms with E-state index in [2.05, 4.69) is 0 Å². The maximum absolute atomic E-state index is 11.6. The second-order valence-corrected chi connectivity index (χ2v) is 4.17. The first-order chi connectivity index (χ1) is 7.00. The fourth-order valence-electron chi connectivity index (χ4n) is 1.78. The van der Waals surface area contributed by atoms with E-state index in [1.165, 1.54) is 0 Å². The van der Waals surface area contributed by atoms with Crippen molar-refractivity contribution in [2.45, 2.75) is 32.2 Å². The molecule has 3 N–H and O–H groups in total. The van der Waals surface area contributed by atoms with Gasteiger partial charge in [-0.05, 0) is 19.8 Å². The van der Waals surface area contributed by atoms with Gasteiger partial charge in [0.1, 0.15) is 0 Å². The molecule has 1 fully saturated rings. The molecule has 0 aromatic rings. The van der Waals surface area contributed by atoms with E-state index >= 15 is 0 Å². The summed E-state index contributed by atoms with van der Waals surface area (Å²) >= 11 is 0. The van der Waals surface area contributed by atoms with Crippen molar-refractivity contribution >= 4 is 11.9 Å². The number of nitrogens with zero attached hydrogens (tertiary/aromatic N) is 1. The van der Waals surface area contributed by atoms with Crippen molar-refractivity contribution in [1.29, 1.82) is 0 Å². The Morgan fingerprint density at radius 2 is 2.00 bits per heavy atom. The fourth-order valence-corrected chi connectivity index (χ4v) is 1.78. The Labute approximate surface area is 89.2 Å². The van der Waals surface area contributed by atoms with Crippen LogP contribution < -0.4 is 5.73 Å². The van der Waals surface area contributed by atoms with Crippen molar-refractivity contribution in [3.8, 4) is 0 Å². The van der Waals surface area contributed by atoms with Crippen LogP contribution in [-0.4, -0.2) is 41.0 Å². The molecule has 1 aliphatic rings. The zero-order valence-electron chi connectivity index (χ0n) is 8.98. The first kappa shape index (κ1) is 12.0. The summed E-state index contributed by atoms with van der Waals surface area (Å²) < 4.78 is 0. The van der Waals surface area contributed by atoms with E-state index < -0.39 is 5.97 Å². The average molecular weight is 214 g/mol. The standard InChI is InChI=1S/C10H18N2O3/c1-7(11)6-9(13)12-4-2-8(3-5-12)10(14)15/h7-8H,2-6,11H2,1H3,(H,14,15). The van der Waals surface area contributed by atoms with Gasteiger partial charge in [0.05, 0.1) is 5.92 Å². The van der Waals surface area contributed by atoms with E-state index in [4.69, 9.17) is 10.8 Å². The van der Waals surface area contributed by atoms with Gasteiger partial charge in [-0.1, -0.05) is 0 Å². The van der Waals surface area contributed by atoms with Crippen LogP contribution in [0.1, 0.15) is 26.2 Å². The summed E-state index contributed by atoms with van der Waals surface area (Å²) in [5.74, 6) is -1.01. The lowest BCUT2D eigenvalue weighted by Gasteiger charge is -2.30. The predicted octanol–water partition coefficient (Wildman–Crippen LogP) is 0.0469. The molecule has 0 saturated carbocycles. The minimum absolute atomic E-state index is 0.0360. The van der Waals surface area contributed by atoms with Gasteiger partial charge in [-0.2, -0.15) is 0 Å². The number of nitrogens with two attached hydrogens (primary N) is 1. The number of hydrogen-bond acceptors (Lipinski definition) is 3. The van der Waals surface area contributed by atoms with E-state index in [1.807, 2.05) is 0 Å². The Kier molecular flexibility index (Phi) is 4.08. The van der Waals surface area contributed by atoms with Crippen molar-refractivity contribution in [3.05, 3.63) is 0 Å². The largest absolute Gasteiger partial charge is 0.481 e. The van der Waals surface area contributed by atoms with Crippen molar-refractivity contribution in [2.75, 3.05) is 13.1 Å². The highest BCUT2D eigenvalue weighted by Gasteiger charge is 2.26. The monoisotopic (exact) mass is 214 g/mol. The van der Waals surface area contributed by atoms with Gasteiger partial charge < -0.3 is 15.7 Å². The van der Waals surface area contributed by atoms with Crippen LogP contribution >= 0.6 is 0 Å². The third-order valence-electron chi connectivity index (χ3n) is 2.69. The van der Waals surface area contributed by atoms with Crippen LogP contribution in [0, 0.1) is 5.92 Å².